The van der Waals surface area contributed by atoms with Crippen molar-refractivity contribution in [2.24, 2.45) is 0 Å². The molecule has 0 atom stereocenters. The van der Waals surface area contributed by atoms with E-state index in [9.17, 15) is 4.79 Å². The number of carbonyl (C=O) groups is 1. The van der Waals surface area contributed by atoms with Gasteiger partial charge in [0.2, 0.25) is 5.91 Å². The van der Waals surface area contributed by atoms with Crippen LogP contribution in [0.15, 0.2) is 0 Å². The monoisotopic (exact) mass is 243 g/mol. The Kier molecular flexibility index (Phi) is 6.15. The fourth-order valence-electron chi connectivity index (χ4n) is 1.90. The second kappa shape index (κ2) is 7.44. The molecule has 0 aromatic rings. The van der Waals surface area contributed by atoms with Gasteiger partial charge in [-0.2, -0.15) is 0 Å². The predicted octanol–water partition coefficient (Wildman–Crippen LogP) is 0.919. The molecule has 0 saturated heterocycles. The average molecular weight is 243 g/mol. The Morgan fingerprint density at radius 1 is 1.19 bits per heavy atom. The largest absolute Gasteiger partial charge is 0.361 e. The molecule has 92 valence electrons. The Morgan fingerprint density at radius 3 is 2.44 bits per heavy atom. The van der Waals surface area contributed by atoms with Crippen molar-refractivity contribution >= 4 is 23.2 Å². The highest BCUT2D eigenvalue weighted by Crippen LogP contribution is 2.16. The SMILES string of the molecule is CC(=O)NCCNC(=S)NC1CCCCC1. The van der Waals surface area contributed by atoms with Gasteiger partial charge in [-0.3, -0.25) is 4.79 Å². The maximum absolute atomic E-state index is 10.6. The summed E-state index contributed by atoms with van der Waals surface area (Å²) in [6.07, 6.45) is 6.38. The van der Waals surface area contributed by atoms with Crippen molar-refractivity contribution in [2.75, 3.05) is 13.1 Å². The average Bonchev–Trinajstić information content (AvgIpc) is 2.25. The molecule has 0 aliphatic heterocycles. The van der Waals surface area contributed by atoms with Crippen molar-refractivity contribution in [1.29, 1.82) is 0 Å². The predicted molar refractivity (Wildman–Crippen MR) is 69.3 cm³/mol. The lowest BCUT2D eigenvalue weighted by atomic mass is 9.96. The number of carbonyl (C=O) groups excluding carboxylic acids is 1. The summed E-state index contributed by atoms with van der Waals surface area (Å²) in [5.74, 6) is -0.00652. The third-order valence-corrected chi connectivity index (χ3v) is 2.99. The second-order valence-electron chi connectivity index (χ2n) is 4.22. The number of amides is 1. The molecule has 0 bridgehead atoms. The molecule has 1 aliphatic rings. The summed E-state index contributed by atoms with van der Waals surface area (Å²) in [5.41, 5.74) is 0. The number of hydrogen-bond donors (Lipinski definition) is 3. The van der Waals surface area contributed by atoms with Crippen LogP contribution in [0.1, 0.15) is 39.0 Å². The lowest BCUT2D eigenvalue weighted by Gasteiger charge is -2.24. The quantitative estimate of drug-likeness (QED) is 0.508. The lowest BCUT2D eigenvalue weighted by molar-refractivity contribution is -0.118. The van der Waals surface area contributed by atoms with Crippen LogP contribution in [-0.4, -0.2) is 30.2 Å². The summed E-state index contributed by atoms with van der Waals surface area (Å²) in [6.45, 7) is 2.80. The van der Waals surface area contributed by atoms with Crippen molar-refractivity contribution in [1.82, 2.24) is 16.0 Å². The van der Waals surface area contributed by atoms with Gasteiger partial charge < -0.3 is 16.0 Å². The van der Waals surface area contributed by atoms with Gasteiger partial charge in [0.05, 0.1) is 0 Å². The van der Waals surface area contributed by atoms with Gasteiger partial charge in [0.25, 0.3) is 0 Å². The first-order valence-corrected chi connectivity index (χ1v) is 6.38. The van der Waals surface area contributed by atoms with Crippen molar-refractivity contribution in [3.05, 3.63) is 0 Å². The van der Waals surface area contributed by atoms with E-state index in [0.717, 1.165) is 0 Å². The summed E-state index contributed by atoms with van der Waals surface area (Å²) in [7, 11) is 0. The van der Waals surface area contributed by atoms with Gasteiger partial charge in [-0.25, -0.2) is 0 Å². The number of rotatable bonds is 4. The molecule has 0 unspecified atom stereocenters. The molecule has 0 radical (unpaired) electrons. The number of hydrogen-bond acceptors (Lipinski definition) is 2. The molecule has 0 spiro atoms. The van der Waals surface area contributed by atoms with Crippen LogP contribution in [0.25, 0.3) is 0 Å². The Morgan fingerprint density at radius 2 is 1.81 bits per heavy atom. The van der Waals surface area contributed by atoms with E-state index in [-0.39, 0.29) is 5.91 Å². The topological polar surface area (TPSA) is 53.2 Å². The van der Waals surface area contributed by atoms with Crippen LogP contribution in [0.5, 0.6) is 0 Å². The molecule has 4 nitrogen and oxygen atoms in total. The van der Waals surface area contributed by atoms with E-state index in [1.54, 1.807) is 0 Å². The van der Waals surface area contributed by atoms with Gasteiger partial charge in [0, 0.05) is 26.1 Å². The molecule has 0 aromatic carbocycles. The van der Waals surface area contributed by atoms with Gasteiger partial charge in [-0.15, -0.1) is 0 Å². The molecule has 16 heavy (non-hydrogen) atoms. The van der Waals surface area contributed by atoms with Crippen LogP contribution in [0, 0.1) is 0 Å². The van der Waals surface area contributed by atoms with Crippen LogP contribution in [0.4, 0.5) is 0 Å². The zero-order chi connectivity index (χ0) is 11.8. The fourth-order valence-corrected chi connectivity index (χ4v) is 2.17. The van der Waals surface area contributed by atoms with E-state index in [4.69, 9.17) is 12.2 Å². The van der Waals surface area contributed by atoms with Crippen LogP contribution in [0.3, 0.4) is 0 Å². The highest BCUT2D eigenvalue weighted by atomic mass is 32.1. The lowest BCUT2D eigenvalue weighted by Crippen LogP contribution is -2.44. The van der Waals surface area contributed by atoms with Crippen molar-refractivity contribution in [2.45, 2.75) is 45.1 Å². The number of nitrogens with one attached hydrogen (secondary N) is 3. The molecule has 0 heterocycles. The minimum atomic E-state index is -0.00652. The normalized spacial score (nSPS) is 16.6. The van der Waals surface area contributed by atoms with Gasteiger partial charge in [-0.05, 0) is 25.1 Å². The van der Waals surface area contributed by atoms with Crippen molar-refractivity contribution in [3.63, 3.8) is 0 Å². The molecule has 5 heteroatoms. The van der Waals surface area contributed by atoms with E-state index >= 15 is 0 Å². The Labute approximate surface area is 103 Å². The second-order valence-corrected chi connectivity index (χ2v) is 4.63. The van der Waals surface area contributed by atoms with E-state index < -0.39 is 0 Å². The molecular weight excluding hydrogens is 222 g/mol. The maximum atomic E-state index is 10.6. The third-order valence-electron chi connectivity index (χ3n) is 2.72. The maximum Gasteiger partial charge on any atom is 0.216 e. The van der Waals surface area contributed by atoms with Crippen LogP contribution >= 0.6 is 12.2 Å². The molecule has 1 fully saturated rings. The van der Waals surface area contributed by atoms with E-state index in [1.165, 1.54) is 39.0 Å². The summed E-state index contributed by atoms with van der Waals surface area (Å²) in [5, 5.41) is 9.83. The third kappa shape index (κ3) is 5.90. The highest BCUT2D eigenvalue weighted by Gasteiger charge is 2.13. The highest BCUT2D eigenvalue weighted by molar-refractivity contribution is 7.80. The Hall–Kier alpha value is -0.840. The fraction of sp³-hybridized carbons (Fsp3) is 0.818. The minimum absolute atomic E-state index is 0.00652. The molecule has 0 aromatic heterocycles. The van der Waals surface area contributed by atoms with Crippen LogP contribution in [0.2, 0.25) is 0 Å². The molecule has 1 amide bonds. The molecule has 1 rings (SSSR count). The van der Waals surface area contributed by atoms with Gasteiger partial charge >= 0.3 is 0 Å². The van der Waals surface area contributed by atoms with E-state index in [1.807, 2.05) is 0 Å². The number of thiocarbonyl (C=S) groups is 1. The van der Waals surface area contributed by atoms with Crippen LogP contribution in [-0.2, 0) is 4.79 Å². The van der Waals surface area contributed by atoms with Gasteiger partial charge in [-0.1, -0.05) is 19.3 Å². The Bertz CT molecular complexity index is 239. The van der Waals surface area contributed by atoms with Crippen LogP contribution < -0.4 is 16.0 Å². The van der Waals surface area contributed by atoms with E-state index in [0.29, 0.717) is 24.2 Å². The first-order chi connectivity index (χ1) is 7.68. The summed E-state index contributed by atoms with van der Waals surface area (Å²) < 4.78 is 0. The zero-order valence-corrected chi connectivity index (χ0v) is 10.7. The molecule has 1 aliphatic carbocycles. The molecular formula is C11H21N3OS. The van der Waals surface area contributed by atoms with Crippen molar-refractivity contribution in [3.8, 4) is 0 Å². The van der Waals surface area contributed by atoms with Crippen molar-refractivity contribution < 1.29 is 4.79 Å². The minimum Gasteiger partial charge on any atom is -0.361 e. The van der Waals surface area contributed by atoms with Gasteiger partial charge in [0.1, 0.15) is 0 Å². The summed E-state index contributed by atoms with van der Waals surface area (Å²) >= 11 is 5.18. The standard InChI is InChI=1S/C11H21N3OS/c1-9(15)12-7-8-13-11(16)14-10-5-3-2-4-6-10/h10H,2-8H2,1H3,(H,12,15)(H2,13,14,16). The smallest absolute Gasteiger partial charge is 0.216 e. The first kappa shape index (κ1) is 13.2. The summed E-state index contributed by atoms with van der Waals surface area (Å²) in [6, 6.07) is 0.537. The summed E-state index contributed by atoms with van der Waals surface area (Å²) in [4.78, 5) is 10.6. The Balaban J connectivity index is 2.03. The van der Waals surface area contributed by atoms with E-state index in [2.05, 4.69) is 16.0 Å². The van der Waals surface area contributed by atoms with Gasteiger partial charge in [0.15, 0.2) is 5.11 Å². The molecule has 1 saturated carbocycles. The molecule has 3 N–H and O–H groups in total. The first-order valence-electron chi connectivity index (χ1n) is 5.97. The zero-order valence-electron chi connectivity index (χ0n) is 9.84.